The fraction of sp³-hybridized carbons (Fsp3) is 0.188. The molecule has 1 aromatic carbocycles. The normalized spacial score (nSPS) is 10.9. The van der Waals surface area contributed by atoms with Crippen molar-refractivity contribution in [2.24, 2.45) is 7.05 Å². The van der Waals surface area contributed by atoms with Crippen LogP contribution in [0, 0.1) is 29.5 Å². The second-order valence-corrected chi connectivity index (χ2v) is 4.95. The van der Waals surface area contributed by atoms with E-state index in [4.69, 9.17) is 16.4 Å². The first-order chi connectivity index (χ1) is 12.1. The van der Waals surface area contributed by atoms with Crippen molar-refractivity contribution in [1.82, 2.24) is 9.13 Å². The van der Waals surface area contributed by atoms with Crippen LogP contribution in [-0.4, -0.2) is 15.7 Å². The van der Waals surface area contributed by atoms with Crippen LogP contribution in [0.5, 0.6) is 5.75 Å². The van der Waals surface area contributed by atoms with Gasteiger partial charge in [0.1, 0.15) is 29.9 Å². The summed E-state index contributed by atoms with van der Waals surface area (Å²) in [6, 6.07) is 3.34. The van der Waals surface area contributed by atoms with Gasteiger partial charge in [-0.3, -0.25) is 9.36 Å². The monoisotopic (exact) mass is 367 g/mol. The van der Waals surface area contributed by atoms with Crippen LogP contribution in [0.1, 0.15) is 11.3 Å². The Hall–Kier alpha value is -3.53. The second-order valence-electron chi connectivity index (χ2n) is 4.95. The van der Waals surface area contributed by atoms with Crippen LogP contribution in [0.15, 0.2) is 27.8 Å². The molecule has 1 heterocycles. The van der Waals surface area contributed by atoms with Gasteiger partial charge in [0.15, 0.2) is 0 Å². The molecule has 0 bridgehead atoms. The Kier molecular flexibility index (Phi) is 4.89. The molecule has 0 saturated carbocycles. The fourth-order valence-electron chi connectivity index (χ4n) is 2.16. The van der Waals surface area contributed by atoms with Crippen LogP contribution in [0.25, 0.3) is 5.69 Å². The molecule has 0 atom stereocenters. The van der Waals surface area contributed by atoms with Gasteiger partial charge >= 0.3 is 11.9 Å². The van der Waals surface area contributed by atoms with Gasteiger partial charge in [-0.25, -0.2) is 13.8 Å². The second kappa shape index (κ2) is 6.76. The minimum Gasteiger partial charge on any atom is -0.479 e. The van der Waals surface area contributed by atoms with Gasteiger partial charge in [-0.2, -0.15) is 18.4 Å². The number of ether oxygens (including phenoxy) is 1. The molecule has 2 rings (SSSR count). The SMILES string of the molecule is C#CCOc1cc(-n2c(=O)cc(C(F)(F)F)n(C)c2=O)c(F)cc1C#N. The quantitative estimate of drug-likeness (QED) is 0.610. The Morgan fingerprint density at radius 3 is 2.46 bits per heavy atom. The lowest BCUT2D eigenvalue weighted by molar-refractivity contribution is -0.144. The van der Waals surface area contributed by atoms with Gasteiger partial charge < -0.3 is 4.74 Å². The third-order valence-corrected chi connectivity index (χ3v) is 3.33. The molecule has 26 heavy (non-hydrogen) atoms. The summed E-state index contributed by atoms with van der Waals surface area (Å²) < 4.78 is 58.3. The van der Waals surface area contributed by atoms with Crippen LogP contribution >= 0.6 is 0 Å². The van der Waals surface area contributed by atoms with E-state index in [1.165, 1.54) is 0 Å². The number of hydrogen-bond acceptors (Lipinski definition) is 4. The topological polar surface area (TPSA) is 77.0 Å². The van der Waals surface area contributed by atoms with E-state index in [0.29, 0.717) is 6.07 Å². The average molecular weight is 367 g/mol. The minimum atomic E-state index is -4.95. The molecule has 0 amide bonds. The van der Waals surface area contributed by atoms with Crippen molar-refractivity contribution in [3.05, 3.63) is 56.1 Å². The molecule has 6 nitrogen and oxygen atoms in total. The number of benzene rings is 1. The zero-order chi connectivity index (χ0) is 19.6. The van der Waals surface area contributed by atoms with Crippen molar-refractivity contribution in [2.75, 3.05) is 6.61 Å². The highest BCUT2D eigenvalue weighted by atomic mass is 19.4. The molecule has 0 fully saturated rings. The Balaban J connectivity index is 2.80. The van der Waals surface area contributed by atoms with Crippen molar-refractivity contribution in [3.63, 3.8) is 0 Å². The predicted octanol–water partition coefficient (Wildman–Crippen LogP) is 1.58. The lowest BCUT2D eigenvalue weighted by atomic mass is 10.2. The number of rotatable bonds is 3. The molecular formula is C16H9F4N3O3. The van der Waals surface area contributed by atoms with Crippen LogP contribution in [0.2, 0.25) is 0 Å². The number of aromatic nitrogens is 2. The van der Waals surface area contributed by atoms with Gasteiger partial charge in [-0.15, -0.1) is 6.42 Å². The molecule has 0 saturated heterocycles. The number of hydrogen-bond donors (Lipinski definition) is 0. The number of halogens is 4. The van der Waals surface area contributed by atoms with Gasteiger partial charge in [-0.1, -0.05) is 5.92 Å². The Morgan fingerprint density at radius 2 is 1.92 bits per heavy atom. The smallest absolute Gasteiger partial charge is 0.431 e. The lowest BCUT2D eigenvalue weighted by Crippen LogP contribution is -2.41. The Labute approximate surface area is 143 Å². The molecule has 134 valence electrons. The molecule has 0 aliphatic carbocycles. The molecule has 0 aliphatic rings. The summed E-state index contributed by atoms with van der Waals surface area (Å²) in [5, 5.41) is 8.98. The van der Waals surface area contributed by atoms with E-state index in [2.05, 4.69) is 5.92 Å². The Bertz CT molecular complexity index is 1070. The van der Waals surface area contributed by atoms with Crippen LogP contribution < -0.4 is 16.0 Å². The maximum Gasteiger partial charge on any atom is 0.431 e. The molecular weight excluding hydrogens is 358 g/mol. The molecule has 0 unspecified atom stereocenters. The van der Waals surface area contributed by atoms with E-state index in [1.807, 2.05) is 0 Å². The van der Waals surface area contributed by atoms with E-state index >= 15 is 0 Å². The van der Waals surface area contributed by atoms with Crippen LogP contribution in [0.3, 0.4) is 0 Å². The predicted molar refractivity (Wildman–Crippen MR) is 81.3 cm³/mol. The molecule has 1 aromatic heterocycles. The van der Waals surface area contributed by atoms with Crippen molar-refractivity contribution in [1.29, 1.82) is 5.26 Å². The first kappa shape index (κ1) is 18.8. The summed E-state index contributed by atoms with van der Waals surface area (Å²) in [4.78, 5) is 24.2. The summed E-state index contributed by atoms with van der Waals surface area (Å²) in [5.41, 5.74) is -5.24. The van der Waals surface area contributed by atoms with Crippen LogP contribution in [0.4, 0.5) is 17.6 Å². The summed E-state index contributed by atoms with van der Waals surface area (Å²) in [7, 11) is 0.790. The number of terminal acetylenes is 1. The first-order valence-corrected chi connectivity index (χ1v) is 6.82. The molecule has 0 spiro atoms. The van der Waals surface area contributed by atoms with E-state index in [9.17, 15) is 27.2 Å². The fourth-order valence-corrected chi connectivity index (χ4v) is 2.16. The van der Waals surface area contributed by atoms with E-state index < -0.39 is 34.6 Å². The highest BCUT2D eigenvalue weighted by Gasteiger charge is 2.35. The third kappa shape index (κ3) is 3.30. The van der Waals surface area contributed by atoms with Crippen LogP contribution in [-0.2, 0) is 13.2 Å². The zero-order valence-electron chi connectivity index (χ0n) is 13.1. The van der Waals surface area contributed by atoms with Crippen molar-refractivity contribution >= 4 is 0 Å². The number of alkyl halides is 3. The average Bonchev–Trinajstić information content (AvgIpc) is 2.56. The van der Waals surface area contributed by atoms with Gasteiger partial charge in [0, 0.05) is 19.2 Å². The largest absolute Gasteiger partial charge is 0.479 e. The number of nitriles is 1. The summed E-state index contributed by atoms with van der Waals surface area (Å²) >= 11 is 0. The maximum absolute atomic E-state index is 14.3. The highest BCUT2D eigenvalue weighted by Crippen LogP contribution is 2.28. The van der Waals surface area contributed by atoms with Gasteiger partial charge in [0.2, 0.25) is 0 Å². The summed E-state index contributed by atoms with van der Waals surface area (Å²) in [6.07, 6.45) is 0.0774. The van der Waals surface area contributed by atoms with Crippen molar-refractivity contribution in [2.45, 2.75) is 6.18 Å². The van der Waals surface area contributed by atoms with E-state index in [-0.39, 0.29) is 33.1 Å². The van der Waals surface area contributed by atoms with Crippen molar-refractivity contribution < 1.29 is 22.3 Å². The number of nitrogens with zero attached hydrogens (tertiary/aromatic N) is 3. The summed E-state index contributed by atoms with van der Waals surface area (Å²) in [5.74, 6) is 0.714. The first-order valence-electron chi connectivity index (χ1n) is 6.82. The Morgan fingerprint density at radius 1 is 1.27 bits per heavy atom. The highest BCUT2D eigenvalue weighted by molar-refractivity contribution is 5.51. The molecule has 0 radical (unpaired) electrons. The lowest BCUT2D eigenvalue weighted by Gasteiger charge is -2.15. The third-order valence-electron chi connectivity index (χ3n) is 3.33. The van der Waals surface area contributed by atoms with E-state index in [1.54, 1.807) is 6.07 Å². The van der Waals surface area contributed by atoms with Gasteiger partial charge in [0.25, 0.3) is 5.56 Å². The summed E-state index contributed by atoms with van der Waals surface area (Å²) in [6.45, 7) is -0.292. The molecule has 0 N–H and O–H groups in total. The zero-order valence-corrected chi connectivity index (χ0v) is 13.1. The van der Waals surface area contributed by atoms with E-state index in [0.717, 1.165) is 13.1 Å². The molecule has 10 heteroatoms. The molecule has 2 aromatic rings. The standard InChI is InChI=1S/C16H9F4N3O3/c1-3-4-26-12-6-11(10(17)5-9(12)8-21)23-14(24)7-13(16(18,19)20)22(2)15(23)25/h1,5-7H,4H2,2H3. The molecule has 0 aliphatic heterocycles. The van der Waals surface area contributed by atoms with Crippen molar-refractivity contribution in [3.8, 4) is 29.8 Å². The van der Waals surface area contributed by atoms with Gasteiger partial charge in [0.05, 0.1) is 11.3 Å². The maximum atomic E-state index is 14.3. The van der Waals surface area contributed by atoms with Gasteiger partial charge in [-0.05, 0) is 6.07 Å². The minimum absolute atomic E-state index is 0.168.